The maximum absolute atomic E-state index is 5.51. The minimum Gasteiger partial charge on any atom is -0.478 e. The van der Waals surface area contributed by atoms with E-state index >= 15 is 0 Å². The highest BCUT2D eigenvalue weighted by molar-refractivity contribution is 9.09. The standard InChI is InChI=1S/C12H20BrN3O2/c1-3-7-18-12-9-11(14-10-15-12)16(5-4-13)6-8-17-2/h9-10H,3-8H2,1-2H3. The van der Waals surface area contributed by atoms with Gasteiger partial charge in [0.25, 0.3) is 0 Å². The van der Waals surface area contributed by atoms with Crippen LogP contribution >= 0.6 is 15.9 Å². The second-order valence-electron chi connectivity index (χ2n) is 3.73. The monoisotopic (exact) mass is 317 g/mol. The summed E-state index contributed by atoms with van der Waals surface area (Å²) in [7, 11) is 1.70. The van der Waals surface area contributed by atoms with Crippen molar-refractivity contribution in [3.8, 4) is 5.88 Å². The molecule has 102 valence electrons. The van der Waals surface area contributed by atoms with E-state index in [1.54, 1.807) is 7.11 Å². The molecule has 0 saturated heterocycles. The van der Waals surface area contributed by atoms with Crippen LogP contribution in [0.4, 0.5) is 5.82 Å². The van der Waals surface area contributed by atoms with Crippen LogP contribution in [0.25, 0.3) is 0 Å². The number of hydrogen-bond acceptors (Lipinski definition) is 5. The molecule has 5 nitrogen and oxygen atoms in total. The number of anilines is 1. The molecule has 0 spiro atoms. The number of halogens is 1. The number of rotatable bonds is 9. The van der Waals surface area contributed by atoms with Gasteiger partial charge in [-0.2, -0.15) is 0 Å². The van der Waals surface area contributed by atoms with Crippen molar-refractivity contribution in [2.45, 2.75) is 13.3 Å². The third-order valence-electron chi connectivity index (χ3n) is 2.33. The van der Waals surface area contributed by atoms with Gasteiger partial charge in [-0.1, -0.05) is 22.9 Å². The van der Waals surface area contributed by atoms with Gasteiger partial charge in [-0.05, 0) is 6.42 Å². The molecule has 0 aromatic carbocycles. The van der Waals surface area contributed by atoms with Gasteiger partial charge in [0.15, 0.2) is 0 Å². The largest absolute Gasteiger partial charge is 0.478 e. The van der Waals surface area contributed by atoms with E-state index in [0.717, 1.165) is 30.7 Å². The predicted octanol–water partition coefficient (Wildman–Crippen LogP) is 2.11. The lowest BCUT2D eigenvalue weighted by Gasteiger charge is -2.22. The Hall–Kier alpha value is -0.880. The smallest absolute Gasteiger partial charge is 0.218 e. The second kappa shape index (κ2) is 9.10. The van der Waals surface area contributed by atoms with Crippen molar-refractivity contribution in [1.29, 1.82) is 0 Å². The number of ether oxygens (including phenoxy) is 2. The third kappa shape index (κ3) is 5.18. The van der Waals surface area contributed by atoms with Crippen molar-refractivity contribution in [1.82, 2.24) is 9.97 Å². The van der Waals surface area contributed by atoms with Crippen LogP contribution < -0.4 is 9.64 Å². The minimum atomic E-state index is 0.624. The van der Waals surface area contributed by atoms with E-state index in [-0.39, 0.29) is 0 Å². The fraction of sp³-hybridized carbons (Fsp3) is 0.667. The van der Waals surface area contributed by atoms with Crippen LogP contribution in [0, 0.1) is 0 Å². The summed E-state index contributed by atoms with van der Waals surface area (Å²) in [6, 6.07) is 1.87. The topological polar surface area (TPSA) is 47.5 Å². The molecule has 18 heavy (non-hydrogen) atoms. The van der Waals surface area contributed by atoms with Gasteiger partial charge >= 0.3 is 0 Å². The Balaban J connectivity index is 2.70. The summed E-state index contributed by atoms with van der Waals surface area (Å²) in [5.41, 5.74) is 0. The van der Waals surface area contributed by atoms with Gasteiger partial charge in [-0.15, -0.1) is 0 Å². The van der Waals surface area contributed by atoms with Gasteiger partial charge in [0.05, 0.1) is 13.2 Å². The van der Waals surface area contributed by atoms with Crippen molar-refractivity contribution in [3.63, 3.8) is 0 Å². The van der Waals surface area contributed by atoms with Crippen LogP contribution in [0.3, 0.4) is 0 Å². The molecule has 1 aromatic heterocycles. The zero-order chi connectivity index (χ0) is 13.2. The van der Waals surface area contributed by atoms with Crippen LogP contribution in [-0.4, -0.2) is 48.7 Å². The van der Waals surface area contributed by atoms with E-state index in [9.17, 15) is 0 Å². The molecule has 1 aromatic rings. The Bertz CT molecular complexity index is 339. The predicted molar refractivity (Wildman–Crippen MR) is 75.7 cm³/mol. The highest BCUT2D eigenvalue weighted by atomic mass is 79.9. The van der Waals surface area contributed by atoms with Crippen molar-refractivity contribution >= 4 is 21.7 Å². The molecule has 0 saturated carbocycles. The second-order valence-corrected chi connectivity index (χ2v) is 4.52. The Kier molecular flexibility index (Phi) is 7.68. The van der Waals surface area contributed by atoms with Crippen molar-refractivity contribution in [2.24, 2.45) is 0 Å². The highest BCUT2D eigenvalue weighted by Gasteiger charge is 2.08. The highest BCUT2D eigenvalue weighted by Crippen LogP contribution is 2.16. The first-order valence-electron chi connectivity index (χ1n) is 6.06. The molecule has 0 fully saturated rings. The molecule has 0 N–H and O–H groups in total. The first kappa shape index (κ1) is 15.2. The lowest BCUT2D eigenvalue weighted by Crippen LogP contribution is -2.30. The van der Waals surface area contributed by atoms with Crippen LogP contribution in [0.15, 0.2) is 12.4 Å². The average molecular weight is 318 g/mol. The van der Waals surface area contributed by atoms with Crippen LogP contribution in [-0.2, 0) is 4.74 Å². The SMILES string of the molecule is CCCOc1cc(N(CCBr)CCOC)ncn1. The first-order valence-corrected chi connectivity index (χ1v) is 7.18. The number of methoxy groups -OCH3 is 1. The van der Waals surface area contributed by atoms with E-state index in [0.29, 0.717) is 19.1 Å². The summed E-state index contributed by atoms with van der Waals surface area (Å²) < 4.78 is 10.6. The van der Waals surface area contributed by atoms with Gasteiger partial charge in [0, 0.05) is 31.6 Å². The van der Waals surface area contributed by atoms with E-state index in [1.165, 1.54) is 6.33 Å². The summed E-state index contributed by atoms with van der Waals surface area (Å²) in [6.07, 6.45) is 2.50. The van der Waals surface area contributed by atoms with Crippen molar-refractivity contribution < 1.29 is 9.47 Å². The van der Waals surface area contributed by atoms with Gasteiger partial charge in [0.1, 0.15) is 12.1 Å². The molecule has 0 amide bonds. The Morgan fingerprint density at radius 1 is 1.28 bits per heavy atom. The quantitative estimate of drug-likeness (QED) is 0.653. The molecular weight excluding hydrogens is 298 g/mol. The van der Waals surface area contributed by atoms with Crippen molar-refractivity contribution in [2.75, 3.05) is 43.6 Å². The lowest BCUT2D eigenvalue weighted by atomic mass is 10.4. The summed E-state index contributed by atoms with van der Waals surface area (Å²) in [4.78, 5) is 10.5. The fourth-order valence-corrected chi connectivity index (χ4v) is 1.86. The Morgan fingerprint density at radius 3 is 2.78 bits per heavy atom. The van der Waals surface area contributed by atoms with Gasteiger partial charge in [-0.3, -0.25) is 0 Å². The average Bonchev–Trinajstić information content (AvgIpc) is 2.41. The number of nitrogens with zero attached hydrogens (tertiary/aromatic N) is 3. The zero-order valence-corrected chi connectivity index (χ0v) is 12.5. The Labute approximate surface area is 117 Å². The summed E-state index contributed by atoms with van der Waals surface area (Å²) >= 11 is 3.44. The molecular formula is C12H20BrN3O2. The molecule has 0 aliphatic carbocycles. The summed E-state index contributed by atoms with van der Waals surface area (Å²) in [5.74, 6) is 1.49. The number of hydrogen-bond donors (Lipinski definition) is 0. The molecule has 0 unspecified atom stereocenters. The number of aromatic nitrogens is 2. The molecule has 0 aliphatic heterocycles. The van der Waals surface area contributed by atoms with E-state index in [4.69, 9.17) is 9.47 Å². The molecule has 1 heterocycles. The van der Waals surface area contributed by atoms with Crippen LogP contribution in [0.5, 0.6) is 5.88 Å². The molecule has 0 bridgehead atoms. The molecule has 1 rings (SSSR count). The lowest BCUT2D eigenvalue weighted by molar-refractivity contribution is 0.205. The fourth-order valence-electron chi connectivity index (χ4n) is 1.43. The van der Waals surface area contributed by atoms with Crippen molar-refractivity contribution in [3.05, 3.63) is 12.4 Å². The summed E-state index contributed by atoms with van der Waals surface area (Å²) in [5, 5.41) is 0.881. The Morgan fingerprint density at radius 2 is 2.11 bits per heavy atom. The van der Waals surface area contributed by atoms with Crippen LogP contribution in [0.2, 0.25) is 0 Å². The maximum Gasteiger partial charge on any atom is 0.218 e. The third-order valence-corrected chi connectivity index (χ3v) is 2.68. The molecule has 6 heteroatoms. The number of alkyl halides is 1. The van der Waals surface area contributed by atoms with E-state index in [1.807, 2.05) is 6.07 Å². The normalized spacial score (nSPS) is 10.4. The minimum absolute atomic E-state index is 0.624. The zero-order valence-electron chi connectivity index (χ0n) is 10.9. The van der Waals surface area contributed by atoms with Crippen LogP contribution in [0.1, 0.15) is 13.3 Å². The summed E-state index contributed by atoms with van der Waals surface area (Å²) in [6.45, 7) is 5.08. The van der Waals surface area contributed by atoms with Gasteiger partial charge in [0.2, 0.25) is 5.88 Å². The maximum atomic E-state index is 5.51. The molecule has 0 radical (unpaired) electrons. The molecule has 0 atom stereocenters. The first-order chi connectivity index (χ1) is 8.81. The van der Waals surface area contributed by atoms with E-state index < -0.39 is 0 Å². The van der Waals surface area contributed by atoms with E-state index in [2.05, 4.69) is 37.7 Å². The molecule has 0 aliphatic rings. The van der Waals surface area contributed by atoms with Gasteiger partial charge < -0.3 is 14.4 Å². The van der Waals surface area contributed by atoms with Gasteiger partial charge in [-0.25, -0.2) is 9.97 Å².